The molecule has 120 valence electrons. The number of hydrogen-bond acceptors (Lipinski definition) is 4. The summed E-state index contributed by atoms with van der Waals surface area (Å²) >= 11 is 6.26. The number of aliphatic hydroxyl groups is 1. The highest BCUT2D eigenvalue weighted by atomic mass is 35.5. The zero-order chi connectivity index (χ0) is 15.3. The van der Waals surface area contributed by atoms with E-state index in [1.54, 1.807) is 25.1 Å². The molecule has 5 nitrogen and oxygen atoms in total. The third-order valence-corrected chi connectivity index (χ3v) is 4.75. The van der Waals surface area contributed by atoms with Gasteiger partial charge in [-0.3, -0.25) is 4.68 Å². The van der Waals surface area contributed by atoms with Crippen LogP contribution < -0.4 is 0 Å². The van der Waals surface area contributed by atoms with Crippen LogP contribution in [0.15, 0.2) is 6.20 Å². The van der Waals surface area contributed by atoms with Crippen molar-refractivity contribution in [3.05, 3.63) is 16.9 Å². The highest BCUT2D eigenvalue weighted by molar-refractivity contribution is 6.31. The first-order valence-electron chi connectivity index (χ1n) is 7.58. The van der Waals surface area contributed by atoms with Crippen molar-refractivity contribution in [2.24, 2.45) is 0 Å². The van der Waals surface area contributed by atoms with Crippen LogP contribution in [0.1, 0.15) is 50.3 Å². The summed E-state index contributed by atoms with van der Waals surface area (Å²) in [5.41, 5.74) is 0.0721. The van der Waals surface area contributed by atoms with Crippen molar-refractivity contribution < 1.29 is 14.6 Å². The maximum atomic E-state index is 11.0. The smallest absolute Gasteiger partial charge is 0.126 e. The zero-order valence-corrected chi connectivity index (χ0v) is 13.6. The van der Waals surface area contributed by atoms with Crippen LogP contribution in [0.5, 0.6) is 0 Å². The molecule has 21 heavy (non-hydrogen) atoms. The maximum absolute atomic E-state index is 11.0. The topological polar surface area (TPSA) is 56.5 Å². The van der Waals surface area contributed by atoms with E-state index in [9.17, 15) is 5.11 Å². The maximum Gasteiger partial charge on any atom is 0.126 e. The summed E-state index contributed by atoms with van der Waals surface area (Å²) in [6.45, 7) is 1.09. The Labute approximate surface area is 131 Å². The standard InChI is InChI=1S/C15H25ClN2O3/c1-20-10-9-18-13(12(16)11-17-18)14(19)15(21-2)7-5-3-4-6-8-15/h11,14,19H,3-10H2,1-2H3. The van der Waals surface area contributed by atoms with E-state index in [4.69, 9.17) is 21.1 Å². The molecule has 0 spiro atoms. The molecule has 6 heteroatoms. The first-order chi connectivity index (χ1) is 10.1. The minimum Gasteiger partial charge on any atom is -0.384 e. The summed E-state index contributed by atoms with van der Waals surface area (Å²) in [7, 11) is 3.32. The predicted molar refractivity (Wildman–Crippen MR) is 81.5 cm³/mol. The highest BCUT2D eigenvalue weighted by Crippen LogP contribution is 2.41. The van der Waals surface area contributed by atoms with Crippen molar-refractivity contribution in [1.29, 1.82) is 0 Å². The van der Waals surface area contributed by atoms with Gasteiger partial charge in [-0.15, -0.1) is 0 Å². The van der Waals surface area contributed by atoms with E-state index in [1.165, 1.54) is 12.8 Å². The second-order valence-electron chi connectivity index (χ2n) is 5.68. The van der Waals surface area contributed by atoms with Crippen LogP contribution in [-0.2, 0) is 16.0 Å². The van der Waals surface area contributed by atoms with Crippen LogP contribution in [0, 0.1) is 0 Å². The van der Waals surface area contributed by atoms with Gasteiger partial charge in [0.2, 0.25) is 0 Å². The molecule has 1 atom stereocenters. The molecule has 1 aromatic rings. The predicted octanol–water partition coefficient (Wildman–Crippen LogP) is 2.96. The summed E-state index contributed by atoms with van der Waals surface area (Å²) < 4.78 is 12.6. The van der Waals surface area contributed by atoms with Crippen LogP contribution in [0.4, 0.5) is 0 Å². The second kappa shape index (κ2) is 7.58. The van der Waals surface area contributed by atoms with E-state index in [2.05, 4.69) is 5.10 Å². The fourth-order valence-corrected chi connectivity index (χ4v) is 3.41. The van der Waals surface area contributed by atoms with E-state index < -0.39 is 11.7 Å². The van der Waals surface area contributed by atoms with Gasteiger partial charge in [0.1, 0.15) is 6.10 Å². The number of aliphatic hydroxyl groups excluding tert-OH is 1. The molecule has 1 heterocycles. The van der Waals surface area contributed by atoms with E-state index in [1.807, 2.05) is 0 Å². The van der Waals surface area contributed by atoms with Crippen LogP contribution in [0.3, 0.4) is 0 Å². The molecule has 1 saturated carbocycles. The molecule has 1 aliphatic rings. The molecule has 1 N–H and O–H groups in total. The molecule has 0 aliphatic heterocycles. The molecule has 0 radical (unpaired) electrons. The Morgan fingerprint density at radius 3 is 2.57 bits per heavy atom. The average molecular weight is 317 g/mol. The molecule has 1 unspecified atom stereocenters. The van der Waals surface area contributed by atoms with E-state index in [0.717, 1.165) is 25.7 Å². The van der Waals surface area contributed by atoms with Crippen LogP contribution in [0.25, 0.3) is 0 Å². The molecular formula is C15H25ClN2O3. The van der Waals surface area contributed by atoms with Crippen molar-refractivity contribution in [3.8, 4) is 0 Å². The van der Waals surface area contributed by atoms with Gasteiger partial charge in [-0.1, -0.05) is 37.3 Å². The molecule has 0 amide bonds. The van der Waals surface area contributed by atoms with Crippen molar-refractivity contribution in [2.45, 2.75) is 56.8 Å². The van der Waals surface area contributed by atoms with Gasteiger partial charge in [-0.05, 0) is 12.8 Å². The Hall–Kier alpha value is -0.620. The van der Waals surface area contributed by atoms with Crippen molar-refractivity contribution in [3.63, 3.8) is 0 Å². The molecule has 1 aromatic heterocycles. The number of rotatable bonds is 6. The van der Waals surface area contributed by atoms with Crippen LogP contribution >= 0.6 is 11.6 Å². The van der Waals surface area contributed by atoms with Crippen molar-refractivity contribution >= 4 is 11.6 Å². The molecule has 0 aromatic carbocycles. The Bertz CT molecular complexity index is 442. The lowest BCUT2D eigenvalue weighted by Crippen LogP contribution is -2.39. The molecular weight excluding hydrogens is 292 g/mol. The van der Waals surface area contributed by atoms with Gasteiger partial charge < -0.3 is 14.6 Å². The fourth-order valence-electron chi connectivity index (χ4n) is 3.17. The number of hydrogen-bond donors (Lipinski definition) is 1. The van der Waals surface area contributed by atoms with Crippen molar-refractivity contribution in [1.82, 2.24) is 9.78 Å². The fraction of sp³-hybridized carbons (Fsp3) is 0.800. The third-order valence-electron chi connectivity index (χ3n) is 4.45. The summed E-state index contributed by atoms with van der Waals surface area (Å²) in [5.74, 6) is 0. The largest absolute Gasteiger partial charge is 0.384 e. The summed E-state index contributed by atoms with van der Waals surface area (Å²) in [4.78, 5) is 0. The monoisotopic (exact) mass is 316 g/mol. The first kappa shape index (κ1) is 16.7. The quantitative estimate of drug-likeness (QED) is 0.820. The van der Waals surface area contributed by atoms with Crippen LogP contribution in [0.2, 0.25) is 5.02 Å². The Kier molecular flexibility index (Phi) is 6.05. The van der Waals surface area contributed by atoms with Gasteiger partial charge >= 0.3 is 0 Å². The number of methoxy groups -OCH3 is 2. The second-order valence-corrected chi connectivity index (χ2v) is 6.09. The SMILES string of the molecule is COCCn1ncc(Cl)c1C(O)C1(OC)CCCCCC1. The van der Waals surface area contributed by atoms with E-state index in [-0.39, 0.29) is 0 Å². The van der Waals surface area contributed by atoms with E-state index in [0.29, 0.717) is 23.9 Å². The number of halogens is 1. The van der Waals surface area contributed by atoms with Gasteiger partial charge in [-0.2, -0.15) is 5.10 Å². The van der Waals surface area contributed by atoms with Gasteiger partial charge in [0, 0.05) is 14.2 Å². The van der Waals surface area contributed by atoms with Gasteiger partial charge in [0.15, 0.2) is 0 Å². The van der Waals surface area contributed by atoms with Gasteiger partial charge in [0.25, 0.3) is 0 Å². The number of aromatic nitrogens is 2. The Morgan fingerprint density at radius 1 is 1.33 bits per heavy atom. The molecule has 1 aliphatic carbocycles. The lowest BCUT2D eigenvalue weighted by Gasteiger charge is -2.36. The summed E-state index contributed by atoms with van der Waals surface area (Å²) in [5, 5.41) is 15.7. The number of nitrogens with zero attached hydrogens (tertiary/aromatic N) is 2. The van der Waals surface area contributed by atoms with Crippen molar-refractivity contribution in [2.75, 3.05) is 20.8 Å². The van der Waals surface area contributed by atoms with Crippen LogP contribution in [-0.4, -0.2) is 41.3 Å². The summed E-state index contributed by atoms with van der Waals surface area (Å²) in [6, 6.07) is 0. The highest BCUT2D eigenvalue weighted by Gasteiger charge is 2.41. The normalized spacial score (nSPS) is 20.2. The number of ether oxygens (including phenoxy) is 2. The third kappa shape index (κ3) is 3.59. The lowest BCUT2D eigenvalue weighted by atomic mass is 9.86. The Balaban J connectivity index is 2.28. The lowest BCUT2D eigenvalue weighted by molar-refractivity contribution is -0.117. The molecule has 1 fully saturated rings. The molecule has 2 rings (SSSR count). The summed E-state index contributed by atoms with van der Waals surface area (Å²) in [6.07, 6.45) is 7.00. The molecule has 0 saturated heterocycles. The minimum absolute atomic E-state index is 0.485. The molecule has 0 bridgehead atoms. The Morgan fingerprint density at radius 2 is 2.00 bits per heavy atom. The zero-order valence-electron chi connectivity index (χ0n) is 12.8. The first-order valence-corrected chi connectivity index (χ1v) is 7.96. The van der Waals surface area contributed by atoms with E-state index >= 15 is 0 Å². The average Bonchev–Trinajstić information content (AvgIpc) is 2.72. The van der Waals surface area contributed by atoms with Gasteiger partial charge in [0.05, 0.1) is 35.7 Å². The van der Waals surface area contributed by atoms with Gasteiger partial charge in [-0.25, -0.2) is 0 Å². The minimum atomic E-state index is -0.771.